The number of primary amides is 1. The van der Waals surface area contributed by atoms with Crippen LogP contribution in [-0.4, -0.2) is 49.7 Å². The Hall–Kier alpha value is -3.41. The van der Waals surface area contributed by atoms with Crippen molar-refractivity contribution in [3.63, 3.8) is 0 Å². The average molecular weight is 396 g/mol. The number of carboxylic acid groups (broad SMARTS) is 1. The molecule has 0 unspecified atom stereocenters. The van der Waals surface area contributed by atoms with Crippen molar-refractivity contribution < 1.29 is 32.6 Å². The van der Waals surface area contributed by atoms with Gasteiger partial charge in [0.15, 0.2) is 0 Å². The highest BCUT2D eigenvalue weighted by Gasteiger charge is 2.32. The van der Waals surface area contributed by atoms with E-state index in [9.17, 15) is 23.1 Å². The van der Waals surface area contributed by atoms with Gasteiger partial charge in [-0.05, 0) is 11.6 Å². The summed E-state index contributed by atoms with van der Waals surface area (Å²) in [5.74, 6) is -2.85. The summed E-state index contributed by atoms with van der Waals surface area (Å²) in [7, 11) is -1.92. The smallest absolute Gasteiger partial charge is 0.335 e. The minimum atomic E-state index is -4.47. The Morgan fingerprint density at radius 2 is 1.70 bits per heavy atom. The summed E-state index contributed by atoms with van der Waals surface area (Å²) in [6.07, 6.45) is 0. The Labute approximate surface area is 154 Å². The van der Waals surface area contributed by atoms with Gasteiger partial charge >= 0.3 is 12.0 Å². The molecule has 0 spiro atoms. The van der Waals surface area contributed by atoms with Crippen LogP contribution in [-0.2, 0) is 15.8 Å². The van der Waals surface area contributed by atoms with E-state index in [1.165, 1.54) is 44.6 Å². The molecule has 0 aliphatic carbocycles. The molecule has 0 aliphatic heterocycles. The molecule has 1 aromatic heterocycles. The predicted octanol–water partition coefficient (Wildman–Crippen LogP) is 0.607. The van der Waals surface area contributed by atoms with E-state index in [1.54, 1.807) is 0 Å². The van der Waals surface area contributed by atoms with Crippen LogP contribution in [0.25, 0.3) is 0 Å². The second-order valence-corrected chi connectivity index (χ2v) is 6.89. The largest absolute Gasteiger partial charge is 0.481 e. The quantitative estimate of drug-likeness (QED) is 0.682. The zero-order valence-electron chi connectivity index (χ0n) is 14.3. The molecule has 12 heteroatoms. The Morgan fingerprint density at radius 1 is 1.15 bits per heavy atom. The van der Waals surface area contributed by atoms with Gasteiger partial charge in [0.05, 0.1) is 31.6 Å². The van der Waals surface area contributed by atoms with Gasteiger partial charge in [-0.15, -0.1) is 0 Å². The van der Waals surface area contributed by atoms with Crippen molar-refractivity contribution in [2.24, 2.45) is 5.73 Å². The maximum absolute atomic E-state index is 12.8. The third-order valence-corrected chi connectivity index (χ3v) is 4.91. The Kier molecular flexibility index (Phi) is 5.80. The first-order valence-corrected chi connectivity index (χ1v) is 8.91. The maximum atomic E-state index is 12.8. The molecule has 0 aliphatic rings. The summed E-state index contributed by atoms with van der Waals surface area (Å²) in [4.78, 5) is 30.7. The number of sulfonamides is 1. The first-order valence-electron chi connectivity index (χ1n) is 7.30. The number of ether oxygens (including phenoxy) is 2. The van der Waals surface area contributed by atoms with Crippen LogP contribution in [0.1, 0.15) is 15.9 Å². The number of carbonyl (C=O) groups excluding carboxylic acids is 1. The molecular weight excluding hydrogens is 380 g/mol. The molecule has 0 atom stereocenters. The van der Waals surface area contributed by atoms with E-state index in [-0.39, 0.29) is 27.2 Å². The minimum absolute atomic E-state index is 0.0360. The molecule has 2 rings (SSSR count). The molecular formula is C15H16N4O7S. The second kappa shape index (κ2) is 7.86. The molecule has 0 saturated carbocycles. The topological polar surface area (TPSA) is 162 Å². The van der Waals surface area contributed by atoms with Gasteiger partial charge in [-0.1, -0.05) is 18.2 Å². The number of hydrogen-bond acceptors (Lipinski definition) is 8. The summed E-state index contributed by atoms with van der Waals surface area (Å²) >= 11 is 0. The molecule has 1 aromatic carbocycles. The Bertz CT molecular complexity index is 956. The highest BCUT2D eigenvalue weighted by atomic mass is 32.2. The molecule has 2 aromatic rings. The van der Waals surface area contributed by atoms with Crippen LogP contribution >= 0.6 is 0 Å². The minimum Gasteiger partial charge on any atom is -0.481 e. The maximum Gasteiger partial charge on any atom is 0.335 e. The normalized spacial score (nSPS) is 10.9. The number of aromatic carboxylic acids is 1. The molecule has 3 N–H and O–H groups in total. The van der Waals surface area contributed by atoms with Crippen molar-refractivity contribution in [3.05, 3.63) is 41.5 Å². The van der Waals surface area contributed by atoms with E-state index in [0.717, 1.165) is 0 Å². The lowest BCUT2D eigenvalue weighted by atomic mass is 10.1. The number of rotatable bonds is 7. The average Bonchev–Trinajstić information content (AvgIpc) is 2.60. The van der Waals surface area contributed by atoms with Gasteiger partial charge < -0.3 is 20.3 Å². The van der Waals surface area contributed by atoms with Crippen molar-refractivity contribution >= 4 is 28.0 Å². The number of nitrogens with zero attached hydrogens (tertiary/aromatic N) is 3. The number of carboxylic acids is 1. The van der Waals surface area contributed by atoms with Crippen LogP contribution in [0, 0.1) is 0 Å². The number of amides is 2. The van der Waals surface area contributed by atoms with Crippen molar-refractivity contribution in [2.45, 2.75) is 5.75 Å². The third-order valence-electron chi connectivity index (χ3n) is 3.33. The fraction of sp³-hybridized carbons (Fsp3) is 0.200. The first kappa shape index (κ1) is 19.9. The van der Waals surface area contributed by atoms with Crippen LogP contribution < -0.4 is 19.5 Å². The van der Waals surface area contributed by atoms with Crippen LogP contribution in [0.4, 0.5) is 10.7 Å². The lowest BCUT2D eigenvalue weighted by molar-refractivity contribution is 0.0696. The number of aromatic nitrogens is 2. The zero-order chi connectivity index (χ0) is 20.2. The first-order chi connectivity index (χ1) is 12.7. The summed E-state index contributed by atoms with van der Waals surface area (Å²) < 4.78 is 35.6. The lowest BCUT2D eigenvalue weighted by Gasteiger charge is -2.19. The van der Waals surface area contributed by atoms with Crippen molar-refractivity contribution in [1.82, 2.24) is 9.97 Å². The molecule has 0 saturated heterocycles. The van der Waals surface area contributed by atoms with Gasteiger partial charge in [0.2, 0.25) is 21.8 Å². The van der Waals surface area contributed by atoms with Crippen molar-refractivity contribution in [2.75, 3.05) is 18.5 Å². The number of benzene rings is 1. The number of carbonyl (C=O) groups is 2. The predicted molar refractivity (Wildman–Crippen MR) is 93.2 cm³/mol. The van der Waals surface area contributed by atoms with E-state index < -0.39 is 33.7 Å². The summed E-state index contributed by atoms with van der Waals surface area (Å²) in [5, 5.41) is 9.21. The molecule has 0 radical (unpaired) electrons. The summed E-state index contributed by atoms with van der Waals surface area (Å²) in [5.41, 5.74) is 4.96. The zero-order valence-corrected chi connectivity index (χ0v) is 15.1. The van der Waals surface area contributed by atoms with E-state index in [4.69, 9.17) is 15.2 Å². The Morgan fingerprint density at radius 3 is 2.19 bits per heavy atom. The fourth-order valence-electron chi connectivity index (χ4n) is 2.17. The molecule has 0 bridgehead atoms. The Balaban J connectivity index is 2.54. The molecule has 27 heavy (non-hydrogen) atoms. The standard InChI is InChI=1S/C15H16N4O7S/c1-25-11-7-12(26-2)18-15(17-11)19(14(16)22)27(23,24)8-9-5-3-4-6-10(9)13(20)21/h3-7H,8H2,1-2H3,(H2,16,22)(H,20,21). The van der Waals surface area contributed by atoms with Crippen molar-refractivity contribution in [3.8, 4) is 11.8 Å². The number of methoxy groups -OCH3 is 2. The highest BCUT2D eigenvalue weighted by molar-refractivity contribution is 7.92. The number of nitrogens with two attached hydrogens (primary N) is 1. The van der Waals surface area contributed by atoms with Gasteiger partial charge in [0, 0.05) is 0 Å². The van der Waals surface area contributed by atoms with Crippen LogP contribution in [0.2, 0.25) is 0 Å². The number of anilines is 1. The van der Waals surface area contributed by atoms with Crippen LogP contribution in [0.15, 0.2) is 30.3 Å². The number of urea groups is 1. The summed E-state index contributed by atoms with van der Waals surface area (Å²) in [6, 6.07) is 5.37. The van der Waals surface area contributed by atoms with E-state index in [2.05, 4.69) is 9.97 Å². The van der Waals surface area contributed by atoms with Gasteiger partial charge in [0.1, 0.15) is 0 Å². The van der Waals surface area contributed by atoms with E-state index >= 15 is 0 Å². The van der Waals surface area contributed by atoms with Crippen molar-refractivity contribution in [1.29, 1.82) is 0 Å². The molecule has 11 nitrogen and oxygen atoms in total. The number of hydrogen-bond donors (Lipinski definition) is 2. The fourth-order valence-corrected chi connectivity index (χ4v) is 3.55. The van der Waals surface area contributed by atoms with Crippen LogP contribution in [0.5, 0.6) is 11.8 Å². The highest BCUT2D eigenvalue weighted by Crippen LogP contribution is 2.24. The van der Waals surface area contributed by atoms with Crippen LogP contribution in [0.3, 0.4) is 0 Å². The van der Waals surface area contributed by atoms with Gasteiger partial charge in [-0.3, -0.25) is 0 Å². The monoisotopic (exact) mass is 396 g/mol. The SMILES string of the molecule is COc1cc(OC)nc(N(C(N)=O)S(=O)(=O)Cc2ccccc2C(=O)O)n1. The molecule has 0 fully saturated rings. The molecule has 144 valence electrons. The van der Waals surface area contributed by atoms with E-state index in [0.29, 0.717) is 0 Å². The molecule has 2 amide bonds. The third kappa shape index (κ3) is 4.41. The lowest BCUT2D eigenvalue weighted by Crippen LogP contribution is -2.42. The van der Waals surface area contributed by atoms with Gasteiger partial charge in [0.25, 0.3) is 5.95 Å². The molecule has 1 heterocycles. The van der Waals surface area contributed by atoms with Gasteiger partial charge in [-0.25, -0.2) is 18.0 Å². The summed E-state index contributed by atoms with van der Waals surface area (Å²) in [6.45, 7) is 0. The second-order valence-electron chi connectivity index (χ2n) is 5.07. The van der Waals surface area contributed by atoms with E-state index in [1.807, 2.05) is 0 Å². The van der Waals surface area contributed by atoms with Gasteiger partial charge in [-0.2, -0.15) is 14.3 Å².